The number of likely N-dealkylation sites (tertiary alicyclic amines) is 1. The number of nitrogens with one attached hydrogen (secondary N) is 1. The van der Waals surface area contributed by atoms with Crippen molar-refractivity contribution in [2.75, 3.05) is 32.8 Å². The van der Waals surface area contributed by atoms with Gasteiger partial charge in [-0.3, -0.25) is 4.90 Å². The summed E-state index contributed by atoms with van der Waals surface area (Å²) >= 11 is 0. The average molecular weight is 334 g/mol. The normalized spacial score (nSPS) is 31.4. The molecule has 2 amide bonds. The number of hydrogen-bond donors (Lipinski definition) is 1. The van der Waals surface area contributed by atoms with E-state index < -0.39 is 0 Å². The summed E-state index contributed by atoms with van der Waals surface area (Å²) < 4.78 is 7.62. The molecule has 1 aliphatic carbocycles. The van der Waals surface area contributed by atoms with Crippen molar-refractivity contribution < 1.29 is 9.53 Å². The van der Waals surface area contributed by atoms with E-state index >= 15 is 0 Å². The third-order valence-electron chi connectivity index (χ3n) is 5.40. The van der Waals surface area contributed by atoms with E-state index in [2.05, 4.69) is 27.3 Å². The molecule has 3 fully saturated rings. The van der Waals surface area contributed by atoms with Gasteiger partial charge < -0.3 is 19.5 Å². The quantitative estimate of drug-likeness (QED) is 0.865. The maximum atomic E-state index is 12.7. The molecule has 3 atom stereocenters. The summed E-state index contributed by atoms with van der Waals surface area (Å²) in [5.41, 5.74) is 0. The van der Waals surface area contributed by atoms with E-state index in [0.717, 1.165) is 25.0 Å². The van der Waals surface area contributed by atoms with E-state index in [1.54, 1.807) is 6.33 Å². The number of ether oxygens (including phenoxy) is 1. The summed E-state index contributed by atoms with van der Waals surface area (Å²) in [4.78, 5) is 17.1. The zero-order chi connectivity index (χ0) is 16.7. The predicted molar refractivity (Wildman–Crippen MR) is 87.3 cm³/mol. The fraction of sp³-hybridized carbons (Fsp3) is 0.812. The standard InChI is InChI=1S/C16H26N6O2/c1-11-7-22(12-3-4-12)8-13(11)18-16(23)21-5-6-24-14(9-21)15-19-17-10-20(15)2/h10-14H,3-9H2,1-2H3,(H,18,23)/t11-,13-,14+/m1/s1. The van der Waals surface area contributed by atoms with Gasteiger partial charge in [-0.25, -0.2) is 4.79 Å². The van der Waals surface area contributed by atoms with Gasteiger partial charge in [-0.15, -0.1) is 10.2 Å². The first-order chi connectivity index (χ1) is 11.6. The highest BCUT2D eigenvalue weighted by atomic mass is 16.5. The minimum absolute atomic E-state index is 0.0139. The van der Waals surface area contributed by atoms with Gasteiger partial charge in [-0.2, -0.15) is 0 Å². The van der Waals surface area contributed by atoms with E-state index in [4.69, 9.17) is 4.74 Å². The topological polar surface area (TPSA) is 75.5 Å². The fourth-order valence-electron chi connectivity index (χ4n) is 3.75. The van der Waals surface area contributed by atoms with E-state index in [9.17, 15) is 4.79 Å². The summed E-state index contributed by atoms with van der Waals surface area (Å²) in [6.45, 7) is 5.97. The van der Waals surface area contributed by atoms with Crippen molar-refractivity contribution in [3.8, 4) is 0 Å². The highest BCUT2D eigenvalue weighted by Crippen LogP contribution is 2.31. The van der Waals surface area contributed by atoms with Gasteiger partial charge in [-0.05, 0) is 18.8 Å². The van der Waals surface area contributed by atoms with Crippen molar-refractivity contribution >= 4 is 6.03 Å². The summed E-state index contributed by atoms with van der Waals surface area (Å²) in [5, 5.41) is 11.2. The summed E-state index contributed by atoms with van der Waals surface area (Å²) in [5.74, 6) is 1.27. The molecular weight excluding hydrogens is 308 g/mol. The molecule has 132 valence electrons. The van der Waals surface area contributed by atoms with Gasteiger partial charge in [0.25, 0.3) is 0 Å². The lowest BCUT2D eigenvalue weighted by molar-refractivity contribution is -0.0218. The van der Waals surface area contributed by atoms with Crippen LogP contribution in [-0.2, 0) is 11.8 Å². The highest BCUT2D eigenvalue weighted by Gasteiger charge is 2.39. The molecule has 2 saturated heterocycles. The Kier molecular flexibility index (Phi) is 4.17. The molecule has 1 aromatic heterocycles. The minimum Gasteiger partial charge on any atom is -0.366 e. The first kappa shape index (κ1) is 15.8. The SMILES string of the molecule is C[C@@H]1CN(C2CC2)C[C@H]1NC(=O)N1CCO[C@H](c2nncn2C)C1. The van der Waals surface area contributed by atoms with Crippen LogP contribution >= 0.6 is 0 Å². The molecule has 0 unspecified atom stereocenters. The van der Waals surface area contributed by atoms with Crippen LogP contribution in [0.1, 0.15) is 31.7 Å². The van der Waals surface area contributed by atoms with Crippen molar-refractivity contribution in [3.63, 3.8) is 0 Å². The molecule has 4 rings (SSSR count). The molecule has 8 heteroatoms. The lowest BCUT2D eigenvalue weighted by Gasteiger charge is -2.33. The molecule has 0 radical (unpaired) electrons. The van der Waals surface area contributed by atoms with Gasteiger partial charge in [0.1, 0.15) is 12.4 Å². The summed E-state index contributed by atoms with van der Waals surface area (Å²) in [7, 11) is 1.89. The van der Waals surface area contributed by atoms with Gasteiger partial charge in [0.05, 0.1) is 13.2 Å². The van der Waals surface area contributed by atoms with Crippen molar-refractivity contribution in [1.29, 1.82) is 0 Å². The highest BCUT2D eigenvalue weighted by molar-refractivity contribution is 5.74. The Morgan fingerprint density at radius 2 is 2.17 bits per heavy atom. The Morgan fingerprint density at radius 1 is 1.33 bits per heavy atom. The number of nitrogens with zero attached hydrogens (tertiary/aromatic N) is 5. The van der Waals surface area contributed by atoms with Crippen LogP contribution in [0.4, 0.5) is 4.79 Å². The van der Waals surface area contributed by atoms with Crippen molar-refractivity contribution in [1.82, 2.24) is 29.9 Å². The minimum atomic E-state index is -0.207. The maximum absolute atomic E-state index is 12.7. The van der Waals surface area contributed by atoms with Crippen molar-refractivity contribution in [3.05, 3.63) is 12.2 Å². The van der Waals surface area contributed by atoms with Crippen LogP contribution in [-0.4, -0.2) is 75.5 Å². The summed E-state index contributed by atoms with van der Waals surface area (Å²) in [6.07, 6.45) is 4.08. The molecular formula is C16H26N6O2. The number of carbonyl (C=O) groups is 1. The Labute approximate surface area is 142 Å². The predicted octanol–water partition coefficient (Wildman–Crippen LogP) is 0.381. The van der Waals surface area contributed by atoms with Gasteiger partial charge in [0.2, 0.25) is 0 Å². The first-order valence-electron chi connectivity index (χ1n) is 8.87. The molecule has 0 aromatic carbocycles. The van der Waals surface area contributed by atoms with Gasteiger partial charge in [-0.1, -0.05) is 6.92 Å². The van der Waals surface area contributed by atoms with E-state index in [1.807, 2.05) is 16.5 Å². The smallest absolute Gasteiger partial charge is 0.317 e. The monoisotopic (exact) mass is 334 g/mol. The van der Waals surface area contributed by atoms with Crippen LogP contribution in [0.15, 0.2) is 6.33 Å². The van der Waals surface area contributed by atoms with Crippen LogP contribution < -0.4 is 5.32 Å². The largest absolute Gasteiger partial charge is 0.366 e. The van der Waals surface area contributed by atoms with Gasteiger partial charge in [0, 0.05) is 38.8 Å². The zero-order valence-electron chi connectivity index (χ0n) is 14.4. The number of hydrogen-bond acceptors (Lipinski definition) is 5. The third kappa shape index (κ3) is 3.12. The lowest BCUT2D eigenvalue weighted by atomic mass is 10.1. The number of aryl methyl sites for hydroxylation is 1. The Balaban J connectivity index is 1.35. The molecule has 3 aliphatic rings. The van der Waals surface area contributed by atoms with Crippen LogP contribution in [0, 0.1) is 5.92 Å². The van der Waals surface area contributed by atoms with Crippen LogP contribution in [0.5, 0.6) is 0 Å². The second kappa shape index (κ2) is 6.33. The van der Waals surface area contributed by atoms with Crippen LogP contribution in [0.3, 0.4) is 0 Å². The van der Waals surface area contributed by atoms with Crippen molar-refractivity contribution in [2.45, 2.75) is 38.0 Å². The van der Waals surface area contributed by atoms with Crippen LogP contribution in [0.2, 0.25) is 0 Å². The van der Waals surface area contributed by atoms with Gasteiger partial charge in [0.15, 0.2) is 5.82 Å². The molecule has 2 aliphatic heterocycles. The molecule has 1 aromatic rings. The average Bonchev–Trinajstić information content (AvgIpc) is 3.25. The second-order valence-corrected chi connectivity index (χ2v) is 7.32. The van der Waals surface area contributed by atoms with E-state index in [1.165, 1.54) is 12.8 Å². The fourth-order valence-corrected chi connectivity index (χ4v) is 3.75. The van der Waals surface area contributed by atoms with Gasteiger partial charge >= 0.3 is 6.03 Å². The lowest BCUT2D eigenvalue weighted by Crippen LogP contribution is -2.51. The number of morpholine rings is 1. The molecule has 0 bridgehead atoms. The number of carbonyl (C=O) groups excluding carboxylic acids is 1. The first-order valence-corrected chi connectivity index (χ1v) is 8.87. The number of rotatable bonds is 3. The molecule has 3 heterocycles. The molecule has 1 saturated carbocycles. The Hall–Kier alpha value is -1.67. The second-order valence-electron chi connectivity index (χ2n) is 7.32. The molecule has 8 nitrogen and oxygen atoms in total. The summed E-state index contributed by atoms with van der Waals surface area (Å²) in [6, 6.07) is 1.02. The maximum Gasteiger partial charge on any atom is 0.317 e. The van der Waals surface area contributed by atoms with Crippen LogP contribution in [0.25, 0.3) is 0 Å². The molecule has 24 heavy (non-hydrogen) atoms. The van der Waals surface area contributed by atoms with E-state index in [0.29, 0.717) is 25.6 Å². The number of aromatic nitrogens is 3. The number of urea groups is 1. The number of amides is 2. The zero-order valence-corrected chi connectivity index (χ0v) is 14.4. The third-order valence-corrected chi connectivity index (χ3v) is 5.40. The molecule has 0 spiro atoms. The van der Waals surface area contributed by atoms with Crippen molar-refractivity contribution in [2.24, 2.45) is 13.0 Å². The molecule has 1 N–H and O–H groups in total. The van der Waals surface area contributed by atoms with E-state index in [-0.39, 0.29) is 18.2 Å². The Morgan fingerprint density at radius 3 is 2.88 bits per heavy atom. The Bertz CT molecular complexity index is 601.